The third-order valence-corrected chi connectivity index (χ3v) is 4.42. The Bertz CT molecular complexity index is 1320. The third kappa shape index (κ3) is 3.59. The summed E-state index contributed by atoms with van der Waals surface area (Å²) in [5, 5.41) is 11.7. The number of hydrogen-bond acceptors (Lipinski definition) is 6. The van der Waals surface area contributed by atoms with Crippen LogP contribution in [0.25, 0.3) is 22.3 Å². The lowest BCUT2D eigenvalue weighted by atomic mass is 10.1. The molecule has 2 heterocycles. The minimum absolute atomic E-state index is 0.184. The van der Waals surface area contributed by atoms with Crippen molar-refractivity contribution in [3.63, 3.8) is 0 Å². The van der Waals surface area contributed by atoms with Crippen molar-refractivity contribution >= 4 is 28.9 Å². The molecule has 1 amide bonds. The highest BCUT2D eigenvalue weighted by atomic mass is 16.5. The van der Waals surface area contributed by atoms with E-state index in [2.05, 4.69) is 26.3 Å². The van der Waals surface area contributed by atoms with Gasteiger partial charge in [0.05, 0.1) is 35.5 Å². The lowest BCUT2D eigenvalue weighted by molar-refractivity contribution is 0.0602. The maximum absolute atomic E-state index is 12.7. The Labute approximate surface area is 171 Å². The number of nitriles is 1. The van der Waals surface area contributed by atoms with Crippen LogP contribution in [0.2, 0.25) is 0 Å². The van der Waals surface area contributed by atoms with E-state index in [4.69, 9.17) is 10.00 Å². The molecule has 8 nitrogen and oxygen atoms in total. The number of benzene rings is 2. The van der Waals surface area contributed by atoms with Crippen molar-refractivity contribution in [1.82, 2.24) is 15.0 Å². The van der Waals surface area contributed by atoms with E-state index in [1.165, 1.54) is 7.11 Å². The van der Waals surface area contributed by atoms with Crippen LogP contribution in [0.5, 0.6) is 0 Å². The molecule has 0 spiro atoms. The number of hydrogen-bond donors (Lipinski definition) is 2. The smallest absolute Gasteiger partial charge is 0.340 e. The van der Waals surface area contributed by atoms with E-state index >= 15 is 0 Å². The third-order valence-electron chi connectivity index (χ3n) is 4.42. The molecule has 146 valence electrons. The maximum Gasteiger partial charge on any atom is 0.340 e. The minimum Gasteiger partial charge on any atom is -0.465 e. The van der Waals surface area contributed by atoms with Crippen LogP contribution in [-0.4, -0.2) is 33.9 Å². The number of nitrogens with one attached hydrogen (secondary N) is 2. The van der Waals surface area contributed by atoms with Crippen LogP contribution in [0.3, 0.4) is 0 Å². The highest BCUT2D eigenvalue weighted by molar-refractivity contribution is 6.05. The zero-order chi connectivity index (χ0) is 21.1. The molecular formula is C22H15N5O3. The fourth-order valence-electron chi connectivity index (χ4n) is 3.01. The number of imidazole rings is 1. The molecule has 4 rings (SSSR count). The van der Waals surface area contributed by atoms with Gasteiger partial charge in [0.25, 0.3) is 5.91 Å². The van der Waals surface area contributed by atoms with Gasteiger partial charge in [-0.25, -0.2) is 14.8 Å². The normalized spacial score (nSPS) is 10.4. The second-order valence-electron chi connectivity index (χ2n) is 6.33. The van der Waals surface area contributed by atoms with E-state index in [1.54, 1.807) is 54.6 Å². The Morgan fingerprint density at radius 3 is 2.67 bits per heavy atom. The molecule has 2 N–H and O–H groups in total. The van der Waals surface area contributed by atoms with Gasteiger partial charge in [0.1, 0.15) is 11.2 Å². The molecule has 0 bridgehead atoms. The summed E-state index contributed by atoms with van der Waals surface area (Å²) in [6.07, 6.45) is 0. The SMILES string of the molecule is COC(=O)c1cccc2[nH]c(NC(=O)c3cccc(-c4cccc(C#N)c4)n3)nc12. The highest BCUT2D eigenvalue weighted by Gasteiger charge is 2.16. The average Bonchev–Trinajstić information content (AvgIpc) is 3.21. The number of aromatic amines is 1. The molecule has 0 atom stereocenters. The number of H-pyrrole nitrogens is 1. The number of anilines is 1. The van der Waals surface area contributed by atoms with Crippen LogP contribution < -0.4 is 5.32 Å². The van der Waals surface area contributed by atoms with Gasteiger partial charge in [0, 0.05) is 5.56 Å². The summed E-state index contributed by atoms with van der Waals surface area (Å²) in [7, 11) is 1.29. The predicted octanol–water partition coefficient (Wildman–Crippen LogP) is 3.54. The van der Waals surface area contributed by atoms with Crippen molar-refractivity contribution in [2.45, 2.75) is 0 Å². The van der Waals surface area contributed by atoms with E-state index in [1.807, 2.05) is 6.07 Å². The number of nitrogens with zero attached hydrogens (tertiary/aromatic N) is 3. The number of rotatable bonds is 4. The Kier molecular flexibility index (Phi) is 4.93. The lowest BCUT2D eigenvalue weighted by Gasteiger charge is -2.05. The van der Waals surface area contributed by atoms with Gasteiger partial charge in [-0.3, -0.25) is 10.1 Å². The van der Waals surface area contributed by atoms with Gasteiger partial charge in [-0.05, 0) is 36.4 Å². The summed E-state index contributed by atoms with van der Waals surface area (Å²) in [5.41, 5.74) is 3.27. The van der Waals surface area contributed by atoms with Crippen molar-refractivity contribution in [2.24, 2.45) is 0 Å². The molecule has 30 heavy (non-hydrogen) atoms. The van der Waals surface area contributed by atoms with E-state index < -0.39 is 11.9 Å². The van der Waals surface area contributed by atoms with E-state index in [9.17, 15) is 9.59 Å². The first-order valence-corrected chi connectivity index (χ1v) is 8.95. The van der Waals surface area contributed by atoms with Crippen LogP contribution in [0.4, 0.5) is 5.95 Å². The first-order chi connectivity index (χ1) is 14.6. The number of aromatic nitrogens is 3. The number of pyridine rings is 1. The number of ether oxygens (including phenoxy) is 1. The Balaban J connectivity index is 1.62. The van der Waals surface area contributed by atoms with Crippen molar-refractivity contribution in [2.75, 3.05) is 12.4 Å². The lowest BCUT2D eigenvalue weighted by Crippen LogP contribution is -2.14. The summed E-state index contributed by atoms with van der Waals surface area (Å²) >= 11 is 0. The molecule has 0 aliphatic heterocycles. The fourth-order valence-corrected chi connectivity index (χ4v) is 3.01. The molecule has 2 aromatic heterocycles. The van der Waals surface area contributed by atoms with E-state index in [0.717, 1.165) is 5.56 Å². The second kappa shape index (κ2) is 7.85. The van der Waals surface area contributed by atoms with Gasteiger partial charge in [0.2, 0.25) is 5.95 Å². The topological polar surface area (TPSA) is 121 Å². The van der Waals surface area contributed by atoms with Gasteiger partial charge in [0.15, 0.2) is 0 Å². The number of para-hydroxylation sites is 1. The molecular weight excluding hydrogens is 382 g/mol. The molecule has 0 radical (unpaired) electrons. The van der Waals surface area contributed by atoms with Gasteiger partial charge < -0.3 is 9.72 Å². The number of amides is 1. The highest BCUT2D eigenvalue weighted by Crippen LogP contribution is 2.21. The quantitative estimate of drug-likeness (QED) is 0.508. The first kappa shape index (κ1) is 18.8. The number of esters is 1. The van der Waals surface area contributed by atoms with Crippen LogP contribution in [0, 0.1) is 11.3 Å². The van der Waals surface area contributed by atoms with Gasteiger partial charge in [-0.2, -0.15) is 5.26 Å². The van der Waals surface area contributed by atoms with Crippen molar-refractivity contribution in [1.29, 1.82) is 5.26 Å². The summed E-state index contributed by atoms with van der Waals surface area (Å²) in [5.74, 6) is -0.795. The second-order valence-corrected chi connectivity index (χ2v) is 6.33. The molecule has 0 aliphatic carbocycles. The van der Waals surface area contributed by atoms with Crippen LogP contribution >= 0.6 is 0 Å². The Hall–Kier alpha value is -4.51. The summed E-state index contributed by atoms with van der Waals surface area (Å²) in [6.45, 7) is 0. The molecule has 0 unspecified atom stereocenters. The number of methoxy groups -OCH3 is 1. The zero-order valence-electron chi connectivity index (χ0n) is 15.8. The van der Waals surface area contributed by atoms with Crippen molar-refractivity contribution < 1.29 is 14.3 Å². The molecule has 0 aliphatic rings. The van der Waals surface area contributed by atoms with Crippen molar-refractivity contribution in [3.8, 4) is 17.3 Å². The fraction of sp³-hybridized carbons (Fsp3) is 0.0455. The molecule has 0 saturated heterocycles. The monoisotopic (exact) mass is 397 g/mol. The number of carbonyl (C=O) groups excluding carboxylic acids is 2. The average molecular weight is 397 g/mol. The summed E-state index contributed by atoms with van der Waals surface area (Å²) < 4.78 is 4.77. The van der Waals surface area contributed by atoms with Gasteiger partial charge >= 0.3 is 5.97 Å². The number of carbonyl (C=O) groups is 2. The zero-order valence-corrected chi connectivity index (χ0v) is 15.8. The van der Waals surface area contributed by atoms with Crippen molar-refractivity contribution in [3.05, 3.63) is 77.5 Å². The molecule has 4 aromatic rings. The Morgan fingerprint density at radius 1 is 1.07 bits per heavy atom. The summed E-state index contributed by atoms with van der Waals surface area (Å²) in [6, 6.07) is 19.2. The van der Waals surface area contributed by atoms with Crippen LogP contribution in [0.1, 0.15) is 26.4 Å². The maximum atomic E-state index is 12.7. The first-order valence-electron chi connectivity index (χ1n) is 8.95. The van der Waals surface area contributed by atoms with Gasteiger partial charge in [-0.1, -0.05) is 24.3 Å². The molecule has 8 heteroatoms. The van der Waals surface area contributed by atoms with Crippen LogP contribution in [0.15, 0.2) is 60.7 Å². The largest absolute Gasteiger partial charge is 0.465 e. The molecule has 0 fully saturated rings. The predicted molar refractivity (Wildman–Crippen MR) is 110 cm³/mol. The molecule has 0 saturated carbocycles. The van der Waals surface area contributed by atoms with E-state index in [-0.39, 0.29) is 11.6 Å². The van der Waals surface area contributed by atoms with E-state index in [0.29, 0.717) is 27.9 Å². The number of fused-ring (bicyclic) bond motifs is 1. The summed E-state index contributed by atoms with van der Waals surface area (Å²) in [4.78, 5) is 36.3. The molecule has 2 aromatic carbocycles. The van der Waals surface area contributed by atoms with Crippen LogP contribution in [-0.2, 0) is 4.74 Å². The Morgan fingerprint density at radius 2 is 1.87 bits per heavy atom. The minimum atomic E-state index is -0.515. The standard InChI is InChI=1S/C22H15N5O3/c1-30-21(29)15-7-3-9-17-19(15)26-22(25-17)27-20(28)18-10-4-8-16(24-18)14-6-2-5-13(11-14)12-23/h2-11H,1H3,(H2,25,26,27,28). The van der Waals surface area contributed by atoms with Gasteiger partial charge in [-0.15, -0.1) is 0 Å².